The Morgan fingerprint density at radius 1 is 1.26 bits per heavy atom. The van der Waals surface area contributed by atoms with E-state index >= 15 is 0 Å². The van der Waals surface area contributed by atoms with Crippen LogP contribution in [0.25, 0.3) is 0 Å². The lowest BCUT2D eigenvalue weighted by molar-refractivity contribution is -0.135. The van der Waals surface area contributed by atoms with Crippen molar-refractivity contribution < 1.29 is 9.59 Å². The van der Waals surface area contributed by atoms with Gasteiger partial charge in [0, 0.05) is 17.4 Å². The van der Waals surface area contributed by atoms with Gasteiger partial charge < -0.3 is 11.1 Å². The van der Waals surface area contributed by atoms with E-state index in [4.69, 9.17) is 5.73 Å². The monoisotopic (exact) mass is 322 g/mol. The van der Waals surface area contributed by atoms with Crippen LogP contribution in [-0.2, 0) is 9.59 Å². The van der Waals surface area contributed by atoms with E-state index in [0.29, 0.717) is 11.8 Å². The van der Waals surface area contributed by atoms with Gasteiger partial charge in [-0.3, -0.25) is 9.59 Å². The molecule has 4 heteroatoms. The summed E-state index contributed by atoms with van der Waals surface area (Å²) in [4.78, 5) is 24.9. The fourth-order valence-electron chi connectivity index (χ4n) is 3.39. The molecule has 23 heavy (non-hydrogen) atoms. The van der Waals surface area contributed by atoms with Crippen LogP contribution in [0.1, 0.15) is 72.6 Å². The quantitative estimate of drug-likeness (QED) is 0.648. The lowest BCUT2D eigenvalue weighted by Gasteiger charge is -2.30. The summed E-state index contributed by atoms with van der Waals surface area (Å²) in [6.07, 6.45) is 7.20. The molecule has 0 aliphatic heterocycles. The number of amides is 2. The van der Waals surface area contributed by atoms with Gasteiger partial charge in [-0.15, -0.1) is 0 Å². The zero-order chi connectivity index (χ0) is 17.2. The standard InChI is InChI=1S/C19H34N2O2/c1-5-19(3,4)21-18(23)16(11-14-10-12(14)2)15(17(20)22)9-8-13-6-7-13/h12-16H,5-11H2,1-4H3,(H2,20,22)(H,21,23)/t12?,14?,15-,16?/m0/s1. The van der Waals surface area contributed by atoms with Gasteiger partial charge in [-0.2, -0.15) is 0 Å². The first-order chi connectivity index (χ1) is 10.7. The predicted molar refractivity (Wildman–Crippen MR) is 92.5 cm³/mol. The zero-order valence-electron chi connectivity index (χ0n) is 15.2. The second-order valence-electron chi connectivity index (χ2n) is 8.57. The van der Waals surface area contributed by atoms with Crippen molar-refractivity contribution in [3.05, 3.63) is 0 Å². The number of hydrogen-bond acceptors (Lipinski definition) is 2. The minimum Gasteiger partial charge on any atom is -0.369 e. The fraction of sp³-hybridized carbons (Fsp3) is 0.895. The van der Waals surface area contributed by atoms with Gasteiger partial charge >= 0.3 is 0 Å². The van der Waals surface area contributed by atoms with E-state index in [1.54, 1.807) is 0 Å². The molecule has 2 aliphatic carbocycles. The molecular weight excluding hydrogens is 288 g/mol. The molecule has 4 nitrogen and oxygen atoms in total. The van der Waals surface area contributed by atoms with Crippen molar-refractivity contribution >= 4 is 11.8 Å². The first-order valence-corrected chi connectivity index (χ1v) is 9.34. The number of nitrogens with one attached hydrogen (secondary N) is 1. The maximum absolute atomic E-state index is 12.9. The maximum Gasteiger partial charge on any atom is 0.224 e. The highest BCUT2D eigenvalue weighted by Crippen LogP contribution is 2.45. The molecule has 2 aliphatic rings. The largest absolute Gasteiger partial charge is 0.369 e. The van der Waals surface area contributed by atoms with Gasteiger partial charge in [0.2, 0.25) is 11.8 Å². The average molecular weight is 322 g/mol. The van der Waals surface area contributed by atoms with Crippen LogP contribution in [0, 0.1) is 29.6 Å². The smallest absolute Gasteiger partial charge is 0.224 e. The van der Waals surface area contributed by atoms with Crippen LogP contribution in [0.2, 0.25) is 0 Å². The minimum atomic E-state index is -0.309. The summed E-state index contributed by atoms with van der Waals surface area (Å²) >= 11 is 0. The van der Waals surface area contributed by atoms with Gasteiger partial charge in [0.1, 0.15) is 0 Å². The fourth-order valence-corrected chi connectivity index (χ4v) is 3.39. The minimum absolute atomic E-state index is 0.0237. The Labute approximate surface area is 141 Å². The molecule has 2 fully saturated rings. The molecule has 2 rings (SSSR count). The molecule has 0 spiro atoms. The van der Waals surface area contributed by atoms with Crippen molar-refractivity contribution in [3.63, 3.8) is 0 Å². The third-order valence-corrected chi connectivity index (χ3v) is 5.95. The summed E-state index contributed by atoms with van der Waals surface area (Å²) in [6, 6.07) is 0. The Morgan fingerprint density at radius 2 is 1.87 bits per heavy atom. The molecule has 3 N–H and O–H groups in total. The molecule has 0 radical (unpaired) electrons. The van der Waals surface area contributed by atoms with Gasteiger partial charge in [-0.25, -0.2) is 0 Å². The van der Waals surface area contributed by atoms with Crippen LogP contribution >= 0.6 is 0 Å². The van der Waals surface area contributed by atoms with Crippen LogP contribution in [0.3, 0.4) is 0 Å². The summed E-state index contributed by atoms with van der Waals surface area (Å²) in [5, 5.41) is 3.15. The van der Waals surface area contributed by atoms with Gasteiger partial charge in [-0.05, 0) is 63.7 Å². The van der Waals surface area contributed by atoms with Gasteiger partial charge in [0.25, 0.3) is 0 Å². The third-order valence-electron chi connectivity index (χ3n) is 5.95. The summed E-state index contributed by atoms with van der Waals surface area (Å²) in [7, 11) is 0. The Balaban J connectivity index is 2.05. The maximum atomic E-state index is 12.9. The van der Waals surface area contributed by atoms with E-state index in [1.807, 2.05) is 13.8 Å². The molecule has 2 saturated carbocycles. The van der Waals surface area contributed by atoms with Crippen molar-refractivity contribution in [1.29, 1.82) is 0 Å². The Kier molecular flexibility index (Phi) is 5.74. The Bertz CT molecular complexity index is 443. The van der Waals surface area contributed by atoms with Gasteiger partial charge in [0.15, 0.2) is 0 Å². The molecule has 4 atom stereocenters. The SMILES string of the molecule is CCC(C)(C)NC(=O)C(CC1CC1C)[C@H](CCC1CC1)C(N)=O. The molecular formula is C19H34N2O2. The molecule has 132 valence electrons. The first-order valence-electron chi connectivity index (χ1n) is 9.34. The average Bonchev–Trinajstić information content (AvgIpc) is 3.36. The van der Waals surface area contributed by atoms with E-state index in [9.17, 15) is 9.59 Å². The molecule has 0 heterocycles. The molecule has 0 aromatic heterocycles. The van der Waals surface area contributed by atoms with E-state index in [1.165, 1.54) is 19.3 Å². The van der Waals surface area contributed by atoms with E-state index < -0.39 is 0 Å². The Hall–Kier alpha value is -1.06. The van der Waals surface area contributed by atoms with Crippen LogP contribution < -0.4 is 11.1 Å². The van der Waals surface area contributed by atoms with E-state index in [0.717, 1.165) is 31.6 Å². The second-order valence-corrected chi connectivity index (χ2v) is 8.57. The van der Waals surface area contributed by atoms with E-state index in [2.05, 4.69) is 19.2 Å². The highest BCUT2D eigenvalue weighted by atomic mass is 16.2. The number of hydrogen-bond donors (Lipinski definition) is 2. The number of carbonyl (C=O) groups is 2. The zero-order valence-corrected chi connectivity index (χ0v) is 15.2. The van der Waals surface area contributed by atoms with Gasteiger partial charge in [0.05, 0.1) is 0 Å². The number of primary amides is 1. The van der Waals surface area contributed by atoms with Crippen molar-refractivity contribution in [2.24, 2.45) is 35.3 Å². The molecule has 0 aromatic rings. The van der Waals surface area contributed by atoms with Crippen LogP contribution in [0.5, 0.6) is 0 Å². The predicted octanol–water partition coefficient (Wildman–Crippen LogP) is 3.25. The third kappa shape index (κ3) is 5.50. The second kappa shape index (κ2) is 7.23. The lowest BCUT2D eigenvalue weighted by Crippen LogP contribution is -2.49. The summed E-state index contributed by atoms with van der Waals surface area (Å²) in [5.74, 6) is 1.18. The van der Waals surface area contributed by atoms with Crippen molar-refractivity contribution in [3.8, 4) is 0 Å². The molecule has 3 unspecified atom stereocenters. The normalized spacial score (nSPS) is 26.4. The van der Waals surface area contributed by atoms with Crippen LogP contribution in [-0.4, -0.2) is 17.4 Å². The van der Waals surface area contributed by atoms with E-state index in [-0.39, 0.29) is 29.2 Å². The van der Waals surface area contributed by atoms with Crippen LogP contribution in [0.4, 0.5) is 0 Å². The number of rotatable bonds is 10. The number of carbonyl (C=O) groups excluding carboxylic acids is 2. The number of nitrogens with two attached hydrogens (primary N) is 1. The molecule has 0 aromatic carbocycles. The lowest BCUT2D eigenvalue weighted by atomic mass is 9.81. The highest BCUT2D eigenvalue weighted by Gasteiger charge is 2.42. The van der Waals surface area contributed by atoms with Crippen molar-refractivity contribution in [2.75, 3.05) is 0 Å². The first kappa shape index (κ1) is 18.3. The van der Waals surface area contributed by atoms with Crippen molar-refractivity contribution in [2.45, 2.75) is 78.2 Å². The molecule has 0 bridgehead atoms. The van der Waals surface area contributed by atoms with Gasteiger partial charge in [-0.1, -0.05) is 26.7 Å². The molecule has 2 amide bonds. The highest BCUT2D eigenvalue weighted by molar-refractivity contribution is 5.87. The summed E-state index contributed by atoms with van der Waals surface area (Å²) in [5.41, 5.74) is 5.46. The summed E-state index contributed by atoms with van der Waals surface area (Å²) < 4.78 is 0. The topological polar surface area (TPSA) is 72.2 Å². The Morgan fingerprint density at radius 3 is 2.30 bits per heavy atom. The molecule has 0 saturated heterocycles. The van der Waals surface area contributed by atoms with Crippen molar-refractivity contribution in [1.82, 2.24) is 5.32 Å². The van der Waals surface area contributed by atoms with Crippen LogP contribution in [0.15, 0.2) is 0 Å². The summed E-state index contributed by atoms with van der Waals surface area (Å²) in [6.45, 7) is 8.35.